The Morgan fingerprint density at radius 1 is 1.14 bits per heavy atom. The maximum absolute atomic E-state index is 12.3. The van der Waals surface area contributed by atoms with E-state index in [1.807, 2.05) is 0 Å². The van der Waals surface area contributed by atoms with E-state index in [9.17, 15) is 9.59 Å². The quantitative estimate of drug-likeness (QED) is 0.628. The fraction of sp³-hybridized carbons (Fsp3) is 0.474. The average Bonchev–Trinajstić information content (AvgIpc) is 3.16. The fourth-order valence-electron chi connectivity index (χ4n) is 2.55. The van der Waals surface area contributed by atoms with Gasteiger partial charge in [-0.2, -0.15) is 0 Å². The lowest BCUT2D eigenvalue weighted by atomic mass is 10.1. The number of hydrogen-bond donors (Lipinski definition) is 2. The Kier molecular flexibility index (Phi) is 8.19. The minimum atomic E-state index is -0.309. The topological polar surface area (TPSA) is 102 Å². The highest BCUT2D eigenvalue weighted by Crippen LogP contribution is 2.26. The second-order valence-corrected chi connectivity index (χ2v) is 7.30. The highest BCUT2D eigenvalue weighted by Gasteiger charge is 2.14. The van der Waals surface area contributed by atoms with Gasteiger partial charge < -0.3 is 20.1 Å². The van der Waals surface area contributed by atoms with E-state index >= 15 is 0 Å². The molecule has 28 heavy (non-hydrogen) atoms. The summed E-state index contributed by atoms with van der Waals surface area (Å²) in [5, 5.41) is 15.0. The molecule has 0 saturated carbocycles. The summed E-state index contributed by atoms with van der Waals surface area (Å²) in [5.74, 6) is 0.830. The molecule has 0 fully saturated rings. The lowest BCUT2D eigenvalue weighted by Gasteiger charge is -2.09. The van der Waals surface area contributed by atoms with E-state index in [-0.39, 0.29) is 24.8 Å². The smallest absolute Gasteiger partial charge is 0.251 e. The van der Waals surface area contributed by atoms with Crippen molar-refractivity contribution in [1.82, 2.24) is 15.5 Å². The van der Waals surface area contributed by atoms with E-state index in [1.165, 1.54) is 25.6 Å². The van der Waals surface area contributed by atoms with Gasteiger partial charge in [0.2, 0.25) is 11.0 Å². The van der Waals surface area contributed by atoms with Gasteiger partial charge in [0, 0.05) is 30.5 Å². The molecule has 0 saturated heterocycles. The van der Waals surface area contributed by atoms with Gasteiger partial charge >= 0.3 is 0 Å². The van der Waals surface area contributed by atoms with E-state index in [4.69, 9.17) is 9.47 Å². The normalized spacial score (nSPS) is 11.6. The molecule has 0 bridgehead atoms. The van der Waals surface area contributed by atoms with Crippen LogP contribution in [-0.4, -0.2) is 42.8 Å². The zero-order chi connectivity index (χ0) is 20.5. The van der Waals surface area contributed by atoms with Crippen molar-refractivity contribution in [3.05, 3.63) is 28.8 Å². The standard InChI is InChI=1S/C19H26N4O4S/c1-5-6-12(2)18-22-23-19(28-18)21-16(24)7-8-20-17(25)13-9-14(26-3)11-15(10-13)27-4/h9-12H,5-8H2,1-4H3,(H,20,25)(H,21,23,24). The largest absolute Gasteiger partial charge is 0.497 e. The average molecular weight is 407 g/mol. The van der Waals surface area contributed by atoms with Crippen molar-refractivity contribution >= 4 is 28.3 Å². The molecule has 8 nitrogen and oxygen atoms in total. The number of anilines is 1. The van der Waals surface area contributed by atoms with Crippen LogP contribution < -0.4 is 20.1 Å². The number of methoxy groups -OCH3 is 2. The second kappa shape index (κ2) is 10.6. The van der Waals surface area contributed by atoms with Crippen LogP contribution in [0.5, 0.6) is 11.5 Å². The predicted molar refractivity (Wildman–Crippen MR) is 108 cm³/mol. The van der Waals surface area contributed by atoms with Crippen LogP contribution in [-0.2, 0) is 4.79 Å². The summed E-state index contributed by atoms with van der Waals surface area (Å²) in [4.78, 5) is 24.4. The third-order valence-electron chi connectivity index (χ3n) is 4.08. The Labute approximate surface area is 168 Å². The number of carbonyl (C=O) groups excluding carboxylic acids is 2. The number of benzene rings is 1. The van der Waals surface area contributed by atoms with Crippen LogP contribution >= 0.6 is 11.3 Å². The van der Waals surface area contributed by atoms with Crippen LogP contribution in [0.4, 0.5) is 5.13 Å². The van der Waals surface area contributed by atoms with E-state index < -0.39 is 0 Å². The van der Waals surface area contributed by atoms with Crippen molar-refractivity contribution in [3.63, 3.8) is 0 Å². The Balaban J connectivity index is 1.83. The third kappa shape index (κ3) is 6.19. The van der Waals surface area contributed by atoms with Crippen LogP contribution in [0.3, 0.4) is 0 Å². The summed E-state index contributed by atoms with van der Waals surface area (Å²) in [6.45, 7) is 4.41. The number of hydrogen-bond acceptors (Lipinski definition) is 7. The first kappa shape index (κ1) is 21.6. The molecule has 1 aromatic heterocycles. The first-order valence-electron chi connectivity index (χ1n) is 9.11. The Morgan fingerprint density at radius 3 is 2.43 bits per heavy atom. The minimum Gasteiger partial charge on any atom is -0.497 e. The molecule has 0 aliphatic rings. The second-order valence-electron chi connectivity index (χ2n) is 6.29. The highest BCUT2D eigenvalue weighted by atomic mass is 32.1. The Bertz CT molecular complexity index is 787. The first-order chi connectivity index (χ1) is 13.5. The highest BCUT2D eigenvalue weighted by molar-refractivity contribution is 7.15. The summed E-state index contributed by atoms with van der Waals surface area (Å²) in [7, 11) is 3.03. The number of rotatable bonds is 10. The van der Waals surface area contributed by atoms with Gasteiger partial charge in [-0.15, -0.1) is 10.2 Å². The van der Waals surface area contributed by atoms with Crippen molar-refractivity contribution in [2.24, 2.45) is 0 Å². The molecule has 152 valence electrons. The Hall–Kier alpha value is -2.68. The Morgan fingerprint density at radius 2 is 1.82 bits per heavy atom. The maximum atomic E-state index is 12.3. The first-order valence-corrected chi connectivity index (χ1v) is 9.93. The van der Waals surface area contributed by atoms with Gasteiger partial charge in [-0.05, 0) is 18.6 Å². The molecule has 1 unspecified atom stereocenters. The van der Waals surface area contributed by atoms with Crippen LogP contribution in [0, 0.1) is 0 Å². The number of carbonyl (C=O) groups is 2. The molecule has 0 spiro atoms. The van der Waals surface area contributed by atoms with Crippen LogP contribution in [0.25, 0.3) is 0 Å². The number of amides is 2. The SMILES string of the molecule is CCCC(C)c1nnc(NC(=O)CCNC(=O)c2cc(OC)cc(OC)c2)s1. The van der Waals surface area contributed by atoms with Gasteiger partial charge in [0.25, 0.3) is 5.91 Å². The molecular weight excluding hydrogens is 380 g/mol. The third-order valence-corrected chi connectivity index (χ3v) is 5.15. The molecule has 1 atom stereocenters. The molecular formula is C19H26N4O4S. The lowest BCUT2D eigenvalue weighted by Crippen LogP contribution is -2.27. The number of ether oxygens (including phenoxy) is 2. The number of nitrogens with one attached hydrogen (secondary N) is 2. The van der Waals surface area contributed by atoms with Crippen LogP contribution in [0.1, 0.15) is 54.4 Å². The molecule has 9 heteroatoms. The molecule has 2 amide bonds. The molecule has 1 heterocycles. The summed E-state index contributed by atoms with van der Waals surface area (Å²) < 4.78 is 10.3. The van der Waals surface area contributed by atoms with Gasteiger partial charge in [-0.3, -0.25) is 9.59 Å². The molecule has 2 rings (SSSR count). The minimum absolute atomic E-state index is 0.131. The van der Waals surface area contributed by atoms with Crippen molar-refractivity contribution < 1.29 is 19.1 Å². The van der Waals surface area contributed by atoms with Gasteiger partial charge in [0.1, 0.15) is 16.5 Å². The predicted octanol–water partition coefficient (Wildman–Crippen LogP) is 3.22. The van der Waals surface area contributed by atoms with Gasteiger partial charge in [-0.1, -0.05) is 31.6 Å². The monoisotopic (exact) mass is 406 g/mol. The summed E-state index contributed by atoms with van der Waals surface area (Å²) in [5.41, 5.74) is 0.398. The van der Waals surface area contributed by atoms with Crippen LogP contribution in [0.2, 0.25) is 0 Å². The molecule has 0 aliphatic heterocycles. The zero-order valence-electron chi connectivity index (χ0n) is 16.6. The van der Waals surface area contributed by atoms with Crippen molar-refractivity contribution in [2.45, 2.75) is 39.0 Å². The van der Waals surface area contributed by atoms with E-state index in [0.717, 1.165) is 17.8 Å². The molecule has 2 aromatic rings. The number of aromatic nitrogens is 2. The van der Waals surface area contributed by atoms with E-state index in [1.54, 1.807) is 18.2 Å². The summed E-state index contributed by atoms with van der Waals surface area (Å²) in [6.07, 6.45) is 2.23. The van der Waals surface area contributed by atoms with Crippen molar-refractivity contribution in [2.75, 3.05) is 26.1 Å². The molecule has 0 radical (unpaired) electrons. The molecule has 0 aliphatic carbocycles. The van der Waals surface area contributed by atoms with Gasteiger partial charge in [-0.25, -0.2) is 0 Å². The van der Waals surface area contributed by atoms with E-state index in [0.29, 0.717) is 28.1 Å². The summed E-state index contributed by atoms with van der Waals surface area (Å²) in [6, 6.07) is 4.90. The zero-order valence-corrected chi connectivity index (χ0v) is 17.4. The lowest BCUT2D eigenvalue weighted by molar-refractivity contribution is -0.116. The summed E-state index contributed by atoms with van der Waals surface area (Å²) >= 11 is 1.38. The fourth-order valence-corrected chi connectivity index (χ4v) is 3.40. The maximum Gasteiger partial charge on any atom is 0.251 e. The van der Waals surface area contributed by atoms with E-state index in [2.05, 4.69) is 34.7 Å². The van der Waals surface area contributed by atoms with Gasteiger partial charge in [0.15, 0.2) is 0 Å². The van der Waals surface area contributed by atoms with Gasteiger partial charge in [0.05, 0.1) is 14.2 Å². The molecule has 1 aromatic carbocycles. The van der Waals surface area contributed by atoms with Crippen molar-refractivity contribution in [1.29, 1.82) is 0 Å². The van der Waals surface area contributed by atoms with Crippen LogP contribution in [0.15, 0.2) is 18.2 Å². The number of nitrogens with zero attached hydrogens (tertiary/aromatic N) is 2. The van der Waals surface area contributed by atoms with Crippen molar-refractivity contribution in [3.8, 4) is 11.5 Å². The molecule has 2 N–H and O–H groups in total.